The van der Waals surface area contributed by atoms with Gasteiger partial charge in [-0.25, -0.2) is 0 Å². The Labute approximate surface area is 114 Å². The summed E-state index contributed by atoms with van der Waals surface area (Å²) in [5, 5.41) is 0. The lowest BCUT2D eigenvalue weighted by Gasteiger charge is -2.48. The van der Waals surface area contributed by atoms with E-state index in [-0.39, 0.29) is 11.4 Å². The monoisotopic (exact) mass is 259 g/mol. The summed E-state index contributed by atoms with van der Waals surface area (Å²) in [5.41, 5.74) is 7.99. The standard InChI is InChI=1S/C15H21N3O/c1-17(2)13-5-3-4-11(8-13)14(19)18-9-15(16,10-18)12-6-7-12/h3-5,8,12H,6-7,9-10,16H2,1-2H3. The van der Waals surface area contributed by atoms with Gasteiger partial charge in [0.1, 0.15) is 0 Å². The van der Waals surface area contributed by atoms with Crippen LogP contribution in [0.5, 0.6) is 0 Å². The molecule has 1 aromatic rings. The zero-order valence-corrected chi connectivity index (χ0v) is 11.6. The van der Waals surface area contributed by atoms with Gasteiger partial charge in [0.05, 0.1) is 5.54 Å². The van der Waals surface area contributed by atoms with Crippen molar-refractivity contribution in [2.75, 3.05) is 32.1 Å². The predicted octanol–water partition coefficient (Wildman–Crippen LogP) is 1.32. The number of carbonyl (C=O) groups excluding carboxylic acids is 1. The molecule has 0 radical (unpaired) electrons. The van der Waals surface area contributed by atoms with E-state index in [0.29, 0.717) is 19.0 Å². The summed E-state index contributed by atoms with van der Waals surface area (Å²) in [7, 11) is 3.95. The molecule has 1 saturated carbocycles. The second-order valence-corrected chi connectivity index (χ2v) is 6.11. The molecule has 4 heteroatoms. The van der Waals surface area contributed by atoms with E-state index in [9.17, 15) is 4.79 Å². The molecule has 0 aromatic heterocycles. The quantitative estimate of drug-likeness (QED) is 0.890. The molecule has 4 nitrogen and oxygen atoms in total. The van der Waals surface area contributed by atoms with Crippen LogP contribution in [-0.4, -0.2) is 43.5 Å². The largest absolute Gasteiger partial charge is 0.378 e. The fourth-order valence-electron chi connectivity index (χ4n) is 2.82. The van der Waals surface area contributed by atoms with Crippen molar-refractivity contribution in [3.63, 3.8) is 0 Å². The van der Waals surface area contributed by atoms with Crippen molar-refractivity contribution in [2.24, 2.45) is 11.7 Å². The summed E-state index contributed by atoms with van der Waals surface area (Å²) in [4.78, 5) is 16.3. The molecular formula is C15H21N3O. The molecule has 1 aliphatic heterocycles. The number of nitrogens with zero attached hydrogens (tertiary/aromatic N) is 2. The number of anilines is 1. The lowest BCUT2D eigenvalue weighted by Crippen LogP contribution is -2.69. The van der Waals surface area contributed by atoms with Gasteiger partial charge in [-0.15, -0.1) is 0 Å². The van der Waals surface area contributed by atoms with E-state index < -0.39 is 0 Å². The van der Waals surface area contributed by atoms with Crippen LogP contribution in [-0.2, 0) is 0 Å². The molecule has 1 aliphatic carbocycles. The normalized spacial score (nSPS) is 20.9. The Hall–Kier alpha value is -1.55. The van der Waals surface area contributed by atoms with Gasteiger partial charge in [0, 0.05) is 38.4 Å². The van der Waals surface area contributed by atoms with Crippen molar-refractivity contribution in [3.05, 3.63) is 29.8 Å². The van der Waals surface area contributed by atoms with Crippen molar-refractivity contribution in [3.8, 4) is 0 Å². The lowest BCUT2D eigenvalue weighted by molar-refractivity contribution is 0.0350. The first-order valence-electron chi connectivity index (χ1n) is 6.85. The van der Waals surface area contributed by atoms with E-state index in [1.54, 1.807) is 0 Å². The molecule has 0 atom stereocenters. The van der Waals surface area contributed by atoms with Crippen LogP contribution < -0.4 is 10.6 Å². The number of amides is 1. The van der Waals surface area contributed by atoms with Crippen LogP contribution in [0.4, 0.5) is 5.69 Å². The van der Waals surface area contributed by atoms with E-state index in [1.165, 1.54) is 12.8 Å². The molecule has 1 heterocycles. The molecule has 2 fully saturated rings. The summed E-state index contributed by atoms with van der Waals surface area (Å²) < 4.78 is 0. The summed E-state index contributed by atoms with van der Waals surface area (Å²) in [6.45, 7) is 1.42. The fourth-order valence-corrected chi connectivity index (χ4v) is 2.82. The van der Waals surface area contributed by atoms with Gasteiger partial charge in [-0.2, -0.15) is 0 Å². The number of rotatable bonds is 3. The van der Waals surface area contributed by atoms with Crippen LogP contribution >= 0.6 is 0 Å². The number of nitrogens with two attached hydrogens (primary N) is 1. The summed E-state index contributed by atoms with van der Waals surface area (Å²) >= 11 is 0. The summed E-state index contributed by atoms with van der Waals surface area (Å²) in [5.74, 6) is 0.745. The number of benzene rings is 1. The van der Waals surface area contributed by atoms with Gasteiger partial charge in [0.15, 0.2) is 0 Å². The van der Waals surface area contributed by atoms with Crippen molar-refractivity contribution in [1.29, 1.82) is 0 Å². The fraction of sp³-hybridized carbons (Fsp3) is 0.533. The van der Waals surface area contributed by atoms with Gasteiger partial charge in [-0.3, -0.25) is 4.79 Å². The van der Waals surface area contributed by atoms with Crippen LogP contribution in [0.2, 0.25) is 0 Å². The molecule has 0 spiro atoms. The highest BCUT2D eigenvalue weighted by molar-refractivity contribution is 5.96. The average molecular weight is 259 g/mol. The first kappa shape index (κ1) is 12.5. The highest BCUT2D eigenvalue weighted by Gasteiger charge is 2.51. The maximum Gasteiger partial charge on any atom is 0.254 e. The highest BCUT2D eigenvalue weighted by Crippen LogP contribution is 2.43. The number of likely N-dealkylation sites (tertiary alicyclic amines) is 1. The molecule has 0 bridgehead atoms. The van der Waals surface area contributed by atoms with Crippen molar-refractivity contribution in [2.45, 2.75) is 18.4 Å². The van der Waals surface area contributed by atoms with Gasteiger partial charge < -0.3 is 15.5 Å². The maximum atomic E-state index is 12.4. The Bertz CT molecular complexity index is 502. The van der Waals surface area contributed by atoms with E-state index in [4.69, 9.17) is 5.73 Å². The van der Waals surface area contributed by atoms with Crippen LogP contribution in [0, 0.1) is 5.92 Å². The van der Waals surface area contributed by atoms with Gasteiger partial charge >= 0.3 is 0 Å². The van der Waals surface area contributed by atoms with Gasteiger partial charge in [0.25, 0.3) is 5.91 Å². The molecule has 3 rings (SSSR count). The molecule has 2 N–H and O–H groups in total. The Morgan fingerprint density at radius 1 is 1.37 bits per heavy atom. The highest BCUT2D eigenvalue weighted by atomic mass is 16.2. The molecular weight excluding hydrogens is 238 g/mol. The van der Waals surface area contributed by atoms with Crippen LogP contribution in [0.1, 0.15) is 23.2 Å². The topological polar surface area (TPSA) is 49.6 Å². The van der Waals surface area contributed by atoms with Crippen LogP contribution in [0.25, 0.3) is 0 Å². The van der Waals surface area contributed by atoms with E-state index in [1.807, 2.05) is 48.2 Å². The molecule has 19 heavy (non-hydrogen) atoms. The molecule has 1 saturated heterocycles. The number of hydrogen-bond acceptors (Lipinski definition) is 3. The Balaban J connectivity index is 1.69. The summed E-state index contributed by atoms with van der Waals surface area (Å²) in [6, 6.07) is 7.75. The zero-order chi connectivity index (χ0) is 13.6. The minimum Gasteiger partial charge on any atom is -0.378 e. The average Bonchev–Trinajstić information content (AvgIpc) is 3.18. The first-order chi connectivity index (χ1) is 8.99. The van der Waals surface area contributed by atoms with E-state index >= 15 is 0 Å². The van der Waals surface area contributed by atoms with Crippen molar-refractivity contribution < 1.29 is 4.79 Å². The number of carbonyl (C=O) groups is 1. The molecule has 1 amide bonds. The Morgan fingerprint density at radius 3 is 2.63 bits per heavy atom. The van der Waals surface area contributed by atoms with Gasteiger partial charge in [0.2, 0.25) is 0 Å². The molecule has 102 valence electrons. The van der Waals surface area contributed by atoms with Crippen LogP contribution in [0.3, 0.4) is 0 Å². The van der Waals surface area contributed by atoms with Gasteiger partial charge in [-0.1, -0.05) is 6.07 Å². The second-order valence-electron chi connectivity index (χ2n) is 6.11. The maximum absolute atomic E-state index is 12.4. The number of hydrogen-bond donors (Lipinski definition) is 1. The summed E-state index contributed by atoms with van der Waals surface area (Å²) in [6.07, 6.45) is 2.46. The van der Waals surface area contributed by atoms with Crippen molar-refractivity contribution in [1.82, 2.24) is 4.90 Å². The lowest BCUT2D eigenvalue weighted by atomic mass is 9.85. The minimum absolute atomic E-state index is 0.102. The smallest absolute Gasteiger partial charge is 0.254 e. The van der Waals surface area contributed by atoms with Crippen molar-refractivity contribution >= 4 is 11.6 Å². The van der Waals surface area contributed by atoms with E-state index in [2.05, 4.69) is 0 Å². The molecule has 0 unspecified atom stereocenters. The predicted molar refractivity (Wildman–Crippen MR) is 76.3 cm³/mol. The Morgan fingerprint density at radius 2 is 2.05 bits per heavy atom. The van der Waals surface area contributed by atoms with E-state index in [0.717, 1.165) is 11.3 Å². The Kier molecular flexibility index (Phi) is 2.78. The first-order valence-corrected chi connectivity index (χ1v) is 6.85. The van der Waals surface area contributed by atoms with Crippen LogP contribution in [0.15, 0.2) is 24.3 Å². The molecule has 1 aromatic carbocycles. The zero-order valence-electron chi connectivity index (χ0n) is 11.6. The van der Waals surface area contributed by atoms with Gasteiger partial charge in [-0.05, 0) is 37.0 Å². The third-order valence-corrected chi connectivity index (χ3v) is 4.26. The third-order valence-electron chi connectivity index (χ3n) is 4.26. The minimum atomic E-state index is -0.102. The SMILES string of the molecule is CN(C)c1cccc(C(=O)N2CC(N)(C3CC3)C2)c1. The molecule has 2 aliphatic rings. The second kappa shape index (κ2) is 4.23. The third kappa shape index (κ3) is 2.21.